The summed E-state index contributed by atoms with van der Waals surface area (Å²) in [7, 11) is -2.81. The molecule has 3 atom stereocenters. The van der Waals surface area contributed by atoms with Gasteiger partial charge in [0.15, 0.2) is 0 Å². The minimum atomic E-state index is -2.81. The molecule has 0 radical (unpaired) electrons. The topological polar surface area (TPSA) is 83.8 Å². The molecule has 1 fully saturated rings. The quantitative estimate of drug-likeness (QED) is 0.666. The zero-order chi connectivity index (χ0) is 22.9. The zero-order valence-electron chi connectivity index (χ0n) is 18.7. The highest BCUT2D eigenvalue weighted by Crippen LogP contribution is 2.45. The number of carboxylic acids is 2. The fraction of sp³-hybridized carbons (Fsp3) is 0.440. The number of rotatable bonds is 6. The number of benzene rings is 2. The molecule has 31 heavy (non-hydrogen) atoms. The molecule has 0 amide bonds. The van der Waals surface area contributed by atoms with Crippen LogP contribution in [0, 0.1) is 11.3 Å². The number of hydrogen-bond donors (Lipinski definition) is 2. The predicted octanol–water partition coefficient (Wildman–Crippen LogP) is 3.91. The van der Waals surface area contributed by atoms with Crippen LogP contribution in [0.5, 0.6) is 0 Å². The van der Waals surface area contributed by atoms with Crippen LogP contribution in [0.1, 0.15) is 47.0 Å². The van der Waals surface area contributed by atoms with E-state index >= 15 is 0 Å². The van der Waals surface area contributed by atoms with Crippen LogP contribution in [0.15, 0.2) is 60.7 Å². The standard InChI is InChI=1S/C25H32O5Si/c1-24(2,3)31(19-11-7-5-8-12-19,20-13-9-6-10-14-20)30-18-15-16-25(4,23(28)29)21(17-18)22(26)27/h5-14,18,21H,15-17H2,1-4H3,(H,26,27)(H,28,29)/t18-,21+,25+/m1/s1. The summed E-state index contributed by atoms with van der Waals surface area (Å²) in [5.41, 5.74) is -1.28. The Labute approximate surface area is 185 Å². The molecule has 0 bridgehead atoms. The van der Waals surface area contributed by atoms with Gasteiger partial charge in [-0.3, -0.25) is 9.59 Å². The predicted molar refractivity (Wildman–Crippen MR) is 123 cm³/mol. The Balaban J connectivity index is 2.08. The first-order valence-electron chi connectivity index (χ1n) is 10.8. The maximum Gasteiger partial charge on any atom is 0.310 e. The van der Waals surface area contributed by atoms with Crippen molar-refractivity contribution in [3.63, 3.8) is 0 Å². The van der Waals surface area contributed by atoms with Crippen LogP contribution in [0.3, 0.4) is 0 Å². The van der Waals surface area contributed by atoms with Gasteiger partial charge < -0.3 is 14.6 Å². The second-order valence-electron chi connectivity index (χ2n) is 9.79. The minimum absolute atomic E-state index is 0.197. The molecule has 1 aliphatic carbocycles. The molecule has 1 saturated carbocycles. The molecular formula is C25H32O5Si. The van der Waals surface area contributed by atoms with Gasteiger partial charge in [0.1, 0.15) is 0 Å². The summed E-state index contributed by atoms with van der Waals surface area (Å²) in [6.07, 6.45) is 0.682. The van der Waals surface area contributed by atoms with Crippen molar-refractivity contribution in [1.29, 1.82) is 0 Å². The van der Waals surface area contributed by atoms with Crippen molar-refractivity contribution in [2.75, 3.05) is 0 Å². The number of hydrogen-bond acceptors (Lipinski definition) is 3. The van der Waals surface area contributed by atoms with Crippen LogP contribution in [-0.4, -0.2) is 36.6 Å². The summed E-state index contributed by atoms with van der Waals surface area (Å²) in [6.45, 7) is 8.08. The van der Waals surface area contributed by atoms with E-state index in [9.17, 15) is 19.8 Å². The van der Waals surface area contributed by atoms with E-state index in [0.29, 0.717) is 6.42 Å². The molecule has 6 heteroatoms. The summed E-state index contributed by atoms with van der Waals surface area (Å²) in [5, 5.41) is 21.6. The van der Waals surface area contributed by atoms with Crippen LogP contribution >= 0.6 is 0 Å². The van der Waals surface area contributed by atoms with Gasteiger partial charge in [-0.15, -0.1) is 0 Å². The molecule has 5 nitrogen and oxygen atoms in total. The molecule has 3 rings (SSSR count). The third kappa shape index (κ3) is 4.19. The van der Waals surface area contributed by atoms with Crippen molar-refractivity contribution >= 4 is 30.6 Å². The van der Waals surface area contributed by atoms with Gasteiger partial charge in [0, 0.05) is 6.10 Å². The van der Waals surface area contributed by atoms with E-state index in [-0.39, 0.29) is 24.0 Å². The van der Waals surface area contributed by atoms with Gasteiger partial charge in [0.25, 0.3) is 8.32 Å². The first kappa shape index (κ1) is 23.2. The van der Waals surface area contributed by atoms with E-state index < -0.39 is 31.6 Å². The van der Waals surface area contributed by atoms with Crippen LogP contribution < -0.4 is 10.4 Å². The van der Waals surface area contributed by atoms with Crippen molar-refractivity contribution in [3.8, 4) is 0 Å². The molecule has 166 valence electrons. The Morgan fingerprint density at radius 3 is 1.84 bits per heavy atom. The molecule has 0 aliphatic heterocycles. The molecule has 0 unspecified atom stereocenters. The normalized spacial score (nSPS) is 24.5. The fourth-order valence-electron chi connectivity index (χ4n) is 4.95. The SMILES string of the molecule is CC(C)(C)[Si](O[C@@H]1CC[C@](C)(C(=O)O)[C@H](C(=O)O)C1)(c1ccccc1)c1ccccc1. The molecule has 0 aromatic heterocycles. The summed E-state index contributed by atoms with van der Waals surface area (Å²) in [5.74, 6) is -3.11. The highest BCUT2D eigenvalue weighted by atomic mass is 28.4. The van der Waals surface area contributed by atoms with E-state index in [1.54, 1.807) is 6.92 Å². The summed E-state index contributed by atoms with van der Waals surface area (Å²) in [6, 6.07) is 20.4. The lowest BCUT2D eigenvalue weighted by atomic mass is 9.66. The Hall–Kier alpha value is -2.44. The first-order chi connectivity index (χ1) is 14.5. The fourth-order valence-corrected chi connectivity index (χ4v) is 9.68. The van der Waals surface area contributed by atoms with Gasteiger partial charge in [-0.05, 0) is 41.6 Å². The second-order valence-corrected chi connectivity index (χ2v) is 14.0. The maximum atomic E-state index is 12.0. The first-order valence-corrected chi connectivity index (χ1v) is 12.7. The van der Waals surface area contributed by atoms with Crippen molar-refractivity contribution < 1.29 is 24.2 Å². The van der Waals surface area contributed by atoms with Crippen LogP contribution in [0.2, 0.25) is 5.04 Å². The van der Waals surface area contributed by atoms with Gasteiger partial charge in [-0.2, -0.15) is 0 Å². The lowest BCUT2D eigenvalue weighted by Crippen LogP contribution is -2.68. The number of aliphatic carboxylic acids is 2. The van der Waals surface area contributed by atoms with E-state index in [4.69, 9.17) is 4.43 Å². The van der Waals surface area contributed by atoms with Gasteiger partial charge >= 0.3 is 11.9 Å². The maximum absolute atomic E-state index is 12.0. The summed E-state index contributed by atoms with van der Waals surface area (Å²) in [4.78, 5) is 23.9. The highest BCUT2D eigenvalue weighted by Gasteiger charge is 2.55. The third-order valence-electron chi connectivity index (χ3n) is 6.80. The number of carbonyl (C=O) groups is 2. The van der Waals surface area contributed by atoms with Crippen molar-refractivity contribution in [2.45, 2.75) is 58.1 Å². The van der Waals surface area contributed by atoms with E-state index in [0.717, 1.165) is 10.4 Å². The van der Waals surface area contributed by atoms with Gasteiger partial charge in [-0.25, -0.2) is 0 Å². The average molecular weight is 441 g/mol. The minimum Gasteiger partial charge on any atom is -0.481 e. The third-order valence-corrected chi connectivity index (χ3v) is 11.9. The molecule has 0 spiro atoms. The largest absolute Gasteiger partial charge is 0.481 e. The Bertz CT molecular complexity index is 882. The van der Waals surface area contributed by atoms with E-state index in [2.05, 4.69) is 45.0 Å². The van der Waals surface area contributed by atoms with Gasteiger partial charge in [0.05, 0.1) is 11.3 Å². The molecule has 2 aromatic rings. The van der Waals surface area contributed by atoms with Gasteiger partial charge in [-0.1, -0.05) is 81.4 Å². The smallest absolute Gasteiger partial charge is 0.310 e. The van der Waals surface area contributed by atoms with Crippen molar-refractivity contribution in [3.05, 3.63) is 60.7 Å². The molecular weight excluding hydrogens is 408 g/mol. The second kappa shape index (κ2) is 8.59. The van der Waals surface area contributed by atoms with E-state index in [1.807, 2.05) is 36.4 Å². The Morgan fingerprint density at radius 2 is 1.45 bits per heavy atom. The monoisotopic (exact) mass is 440 g/mol. The zero-order valence-corrected chi connectivity index (χ0v) is 19.7. The number of carboxylic acid groups (broad SMARTS) is 2. The molecule has 2 aromatic carbocycles. The summed E-state index contributed by atoms with van der Waals surface area (Å²) < 4.78 is 7.05. The molecule has 1 aliphatic rings. The lowest BCUT2D eigenvalue weighted by Gasteiger charge is -2.48. The van der Waals surface area contributed by atoms with Crippen LogP contribution in [-0.2, 0) is 14.0 Å². The molecule has 0 heterocycles. The summed E-state index contributed by atoms with van der Waals surface area (Å²) >= 11 is 0. The van der Waals surface area contributed by atoms with E-state index in [1.165, 1.54) is 0 Å². The lowest BCUT2D eigenvalue weighted by molar-refractivity contribution is -0.166. The van der Waals surface area contributed by atoms with Crippen LogP contribution in [0.4, 0.5) is 0 Å². The van der Waals surface area contributed by atoms with Crippen LogP contribution in [0.25, 0.3) is 0 Å². The highest BCUT2D eigenvalue weighted by molar-refractivity contribution is 6.99. The Morgan fingerprint density at radius 1 is 0.968 bits per heavy atom. The van der Waals surface area contributed by atoms with Gasteiger partial charge in [0.2, 0.25) is 0 Å². The molecule has 0 saturated heterocycles. The van der Waals surface area contributed by atoms with Crippen molar-refractivity contribution in [1.82, 2.24) is 0 Å². The Kier molecular flexibility index (Phi) is 6.44. The van der Waals surface area contributed by atoms with Crippen molar-refractivity contribution in [2.24, 2.45) is 11.3 Å². The molecule has 2 N–H and O–H groups in total. The average Bonchev–Trinajstić information content (AvgIpc) is 2.73.